The van der Waals surface area contributed by atoms with Crippen molar-refractivity contribution in [1.82, 2.24) is 15.5 Å². The van der Waals surface area contributed by atoms with Crippen LogP contribution in [0.5, 0.6) is 0 Å². The zero-order valence-corrected chi connectivity index (χ0v) is 18.4. The number of carbonyl (C=O) groups excluding carboxylic acids is 3. The summed E-state index contributed by atoms with van der Waals surface area (Å²) in [7, 11) is 0. The number of benzene rings is 1. The van der Waals surface area contributed by atoms with Crippen molar-refractivity contribution < 1.29 is 34.2 Å². The van der Waals surface area contributed by atoms with E-state index in [0.29, 0.717) is 12.8 Å². The number of nitrogens with two attached hydrogens (primary N) is 1. The molecule has 4 unspecified atom stereocenters. The van der Waals surface area contributed by atoms with E-state index in [1.165, 1.54) is 11.8 Å². The third kappa shape index (κ3) is 7.56. The number of aliphatic carboxylic acids is 2. The molecule has 1 saturated heterocycles. The molecule has 0 aromatic heterocycles. The first-order valence-electron chi connectivity index (χ1n) is 10.8. The van der Waals surface area contributed by atoms with Crippen LogP contribution >= 0.6 is 0 Å². The summed E-state index contributed by atoms with van der Waals surface area (Å²) in [5.74, 6) is -4.17. The molecule has 3 amide bonds. The molecule has 0 saturated carbocycles. The maximum Gasteiger partial charge on any atom is 0.325 e. The molecule has 1 heterocycles. The Hall–Kier alpha value is -3.47. The van der Waals surface area contributed by atoms with Gasteiger partial charge >= 0.3 is 11.9 Å². The molecule has 0 aliphatic carbocycles. The number of amides is 3. The highest BCUT2D eigenvalue weighted by atomic mass is 16.4. The molecule has 1 aromatic carbocycles. The van der Waals surface area contributed by atoms with E-state index in [1.807, 2.05) is 30.3 Å². The lowest BCUT2D eigenvalue weighted by Gasteiger charge is -2.29. The molecule has 2 rings (SSSR count). The van der Waals surface area contributed by atoms with Gasteiger partial charge in [0, 0.05) is 13.0 Å². The fourth-order valence-electron chi connectivity index (χ4n) is 3.64. The zero-order chi connectivity index (χ0) is 24.5. The summed E-state index contributed by atoms with van der Waals surface area (Å²) in [6.45, 7) is 1.54. The number of likely N-dealkylation sites (tertiary alicyclic amines) is 1. The van der Waals surface area contributed by atoms with Crippen LogP contribution in [0.1, 0.15) is 38.2 Å². The SMILES string of the molecule is CC(NC(=O)C1CCCN1C(=O)C(CCC(=O)O)NC(=O)C(N)Cc1ccccc1)C(=O)O. The van der Waals surface area contributed by atoms with E-state index in [4.69, 9.17) is 15.9 Å². The highest BCUT2D eigenvalue weighted by Gasteiger charge is 2.38. The summed E-state index contributed by atoms with van der Waals surface area (Å²) in [6, 6.07) is 4.90. The van der Waals surface area contributed by atoms with Crippen LogP contribution in [0.15, 0.2) is 30.3 Å². The molecule has 0 spiro atoms. The number of carboxylic acid groups (broad SMARTS) is 2. The number of carboxylic acids is 2. The second-order valence-corrected chi connectivity index (χ2v) is 8.05. The van der Waals surface area contributed by atoms with E-state index in [9.17, 15) is 24.0 Å². The van der Waals surface area contributed by atoms with Gasteiger partial charge < -0.3 is 31.5 Å². The Balaban J connectivity index is 2.10. The minimum atomic E-state index is -1.21. The van der Waals surface area contributed by atoms with Crippen molar-refractivity contribution in [2.45, 2.75) is 63.2 Å². The van der Waals surface area contributed by atoms with Crippen molar-refractivity contribution in [2.24, 2.45) is 5.73 Å². The molecule has 180 valence electrons. The lowest BCUT2D eigenvalue weighted by molar-refractivity contribution is -0.144. The minimum absolute atomic E-state index is 0.172. The molecule has 4 atom stereocenters. The van der Waals surface area contributed by atoms with Gasteiger partial charge in [-0.05, 0) is 38.2 Å². The van der Waals surface area contributed by atoms with E-state index in [2.05, 4.69) is 10.6 Å². The third-order valence-corrected chi connectivity index (χ3v) is 5.46. The van der Waals surface area contributed by atoms with Crippen molar-refractivity contribution >= 4 is 29.7 Å². The summed E-state index contributed by atoms with van der Waals surface area (Å²) in [6.07, 6.45) is 0.531. The number of nitrogens with zero attached hydrogens (tertiary/aromatic N) is 1. The Kier molecular flexibility index (Phi) is 9.34. The van der Waals surface area contributed by atoms with Gasteiger partial charge in [-0.3, -0.25) is 24.0 Å². The highest BCUT2D eigenvalue weighted by Crippen LogP contribution is 2.20. The van der Waals surface area contributed by atoms with Gasteiger partial charge in [0.25, 0.3) is 0 Å². The van der Waals surface area contributed by atoms with Crippen molar-refractivity contribution in [3.63, 3.8) is 0 Å². The predicted octanol–water partition coefficient (Wildman–Crippen LogP) is -0.514. The lowest BCUT2D eigenvalue weighted by atomic mass is 10.0. The molecule has 11 heteroatoms. The van der Waals surface area contributed by atoms with Crippen LogP contribution in [-0.4, -0.2) is 75.5 Å². The minimum Gasteiger partial charge on any atom is -0.481 e. The molecule has 0 bridgehead atoms. The van der Waals surface area contributed by atoms with Crippen molar-refractivity contribution in [3.05, 3.63) is 35.9 Å². The van der Waals surface area contributed by atoms with Gasteiger partial charge in [-0.15, -0.1) is 0 Å². The average Bonchev–Trinajstić information content (AvgIpc) is 3.26. The van der Waals surface area contributed by atoms with Crippen LogP contribution in [0.4, 0.5) is 0 Å². The van der Waals surface area contributed by atoms with E-state index < -0.39 is 53.8 Å². The van der Waals surface area contributed by atoms with Crippen LogP contribution in [0.2, 0.25) is 0 Å². The smallest absolute Gasteiger partial charge is 0.325 e. The largest absolute Gasteiger partial charge is 0.481 e. The second-order valence-electron chi connectivity index (χ2n) is 8.05. The summed E-state index contributed by atoms with van der Waals surface area (Å²) in [5, 5.41) is 23.0. The van der Waals surface area contributed by atoms with E-state index in [0.717, 1.165) is 5.56 Å². The quantitative estimate of drug-likeness (QED) is 0.291. The Bertz CT molecular complexity index is 877. The van der Waals surface area contributed by atoms with Gasteiger partial charge in [0.15, 0.2) is 0 Å². The van der Waals surface area contributed by atoms with Crippen LogP contribution < -0.4 is 16.4 Å². The summed E-state index contributed by atoms with van der Waals surface area (Å²) < 4.78 is 0. The van der Waals surface area contributed by atoms with Gasteiger partial charge in [-0.1, -0.05) is 30.3 Å². The molecule has 1 fully saturated rings. The van der Waals surface area contributed by atoms with Gasteiger partial charge in [0.05, 0.1) is 6.04 Å². The van der Waals surface area contributed by atoms with Gasteiger partial charge in [0.1, 0.15) is 18.1 Å². The first kappa shape index (κ1) is 25.8. The number of hydrogen-bond donors (Lipinski definition) is 5. The lowest BCUT2D eigenvalue weighted by Crippen LogP contribution is -2.56. The fraction of sp³-hybridized carbons (Fsp3) is 0.500. The van der Waals surface area contributed by atoms with Crippen molar-refractivity contribution in [2.75, 3.05) is 6.54 Å². The molecular weight excluding hydrogens is 432 g/mol. The standard InChI is InChI=1S/C22H30N4O7/c1-13(22(32)33)24-20(30)17-8-5-11-26(17)21(31)16(9-10-18(27)28)25-19(29)15(23)12-14-6-3-2-4-7-14/h2-4,6-7,13,15-17H,5,8-12,23H2,1H3,(H,24,30)(H,25,29)(H,27,28)(H,32,33). The van der Waals surface area contributed by atoms with E-state index in [1.54, 1.807) is 0 Å². The van der Waals surface area contributed by atoms with Gasteiger partial charge in [0.2, 0.25) is 17.7 Å². The van der Waals surface area contributed by atoms with E-state index in [-0.39, 0.29) is 25.8 Å². The highest BCUT2D eigenvalue weighted by molar-refractivity contribution is 5.94. The van der Waals surface area contributed by atoms with Crippen LogP contribution in [0.3, 0.4) is 0 Å². The number of rotatable bonds is 11. The third-order valence-electron chi connectivity index (χ3n) is 5.46. The molecule has 1 aliphatic heterocycles. The average molecular weight is 463 g/mol. The van der Waals surface area contributed by atoms with Crippen molar-refractivity contribution in [1.29, 1.82) is 0 Å². The first-order valence-corrected chi connectivity index (χ1v) is 10.8. The number of carbonyl (C=O) groups is 5. The summed E-state index contributed by atoms with van der Waals surface area (Å²) in [5.41, 5.74) is 6.82. The Labute approximate surface area is 191 Å². The molecule has 33 heavy (non-hydrogen) atoms. The Morgan fingerprint density at radius 2 is 1.79 bits per heavy atom. The predicted molar refractivity (Wildman–Crippen MR) is 117 cm³/mol. The van der Waals surface area contributed by atoms with Crippen LogP contribution in [0, 0.1) is 0 Å². The van der Waals surface area contributed by atoms with Gasteiger partial charge in [-0.2, -0.15) is 0 Å². The normalized spacial score (nSPS) is 18.1. The maximum atomic E-state index is 13.2. The number of hydrogen-bond acceptors (Lipinski definition) is 6. The fourth-order valence-corrected chi connectivity index (χ4v) is 3.64. The topological polar surface area (TPSA) is 179 Å². The molecular formula is C22H30N4O7. The number of nitrogens with one attached hydrogen (secondary N) is 2. The summed E-state index contributed by atoms with van der Waals surface area (Å²) >= 11 is 0. The Morgan fingerprint density at radius 1 is 1.12 bits per heavy atom. The second kappa shape index (κ2) is 12.0. The molecule has 11 nitrogen and oxygen atoms in total. The molecule has 1 aliphatic rings. The van der Waals surface area contributed by atoms with Gasteiger partial charge in [-0.25, -0.2) is 0 Å². The van der Waals surface area contributed by atoms with Crippen molar-refractivity contribution in [3.8, 4) is 0 Å². The Morgan fingerprint density at radius 3 is 2.39 bits per heavy atom. The van der Waals surface area contributed by atoms with Crippen LogP contribution in [0.25, 0.3) is 0 Å². The van der Waals surface area contributed by atoms with E-state index >= 15 is 0 Å². The summed E-state index contributed by atoms with van der Waals surface area (Å²) in [4.78, 5) is 61.8. The first-order chi connectivity index (χ1) is 15.6. The molecule has 1 aromatic rings. The molecule has 0 radical (unpaired) electrons. The monoisotopic (exact) mass is 462 g/mol. The maximum absolute atomic E-state index is 13.2. The van der Waals surface area contributed by atoms with Crippen LogP contribution in [-0.2, 0) is 30.4 Å². The molecule has 6 N–H and O–H groups in total. The zero-order valence-electron chi connectivity index (χ0n) is 18.4.